The van der Waals surface area contributed by atoms with Gasteiger partial charge in [-0.25, -0.2) is 0 Å². The number of nitrogens with one attached hydrogen (secondary N) is 1. The van der Waals surface area contributed by atoms with Crippen LogP contribution in [0.5, 0.6) is 0 Å². The molecule has 2 fully saturated rings. The summed E-state index contributed by atoms with van der Waals surface area (Å²) in [4.78, 5) is 2.52. The van der Waals surface area contributed by atoms with Crippen LogP contribution in [0.25, 0.3) is 0 Å². The lowest BCUT2D eigenvalue weighted by Gasteiger charge is -2.28. The van der Waals surface area contributed by atoms with Crippen molar-refractivity contribution >= 4 is 17.3 Å². The molecule has 0 bridgehead atoms. The van der Waals surface area contributed by atoms with Gasteiger partial charge in [-0.3, -0.25) is 0 Å². The van der Waals surface area contributed by atoms with Gasteiger partial charge in [-0.15, -0.1) is 0 Å². The van der Waals surface area contributed by atoms with Crippen molar-refractivity contribution in [3.05, 3.63) is 28.8 Å². The maximum absolute atomic E-state index is 6.24. The third kappa shape index (κ3) is 2.50. The lowest BCUT2D eigenvalue weighted by atomic mass is 10.1. The first-order chi connectivity index (χ1) is 8.75. The normalized spacial score (nSPS) is 25.0. The molecule has 0 radical (unpaired) electrons. The van der Waals surface area contributed by atoms with Crippen LogP contribution in [0.3, 0.4) is 0 Å². The third-order valence-electron chi connectivity index (χ3n) is 4.20. The number of hydrogen-bond acceptors (Lipinski definition) is 2. The van der Waals surface area contributed by atoms with Gasteiger partial charge in [0.25, 0.3) is 0 Å². The zero-order valence-corrected chi connectivity index (χ0v) is 11.7. The van der Waals surface area contributed by atoms with Crippen molar-refractivity contribution < 1.29 is 0 Å². The molecule has 1 aliphatic carbocycles. The van der Waals surface area contributed by atoms with E-state index in [9.17, 15) is 0 Å². The van der Waals surface area contributed by atoms with Crippen molar-refractivity contribution in [2.24, 2.45) is 5.92 Å². The molecule has 1 saturated carbocycles. The van der Waals surface area contributed by atoms with E-state index in [-0.39, 0.29) is 0 Å². The van der Waals surface area contributed by atoms with E-state index < -0.39 is 0 Å². The second-order valence-corrected chi connectivity index (χ2v) is 5.99. The lowest BCUT2D eigenvalue weighted by molar-refractivity contribution is 0.490. The van der Waals surface area contributed by atoms with Crippen LogP contribution in [0.2, 0.25) is 5.02 Å². The van der Waals surface area contributed by atoms with Crippen LogP contribution < -0.4 is 10.2 Å². The summed E-state index contributed by atoms with van der Waals surface area (Å²) in [7, 11) is 0. The zero-order valence-electron chi connectivity index (χ0n) is 11.0. The number of nitrogens with zero attached hydrogens (tertiary/aromatic N) is 1. The van der Waals surface area contributed by atoms with Crippen molar-refractivity contribution in [1.29, 1.82) is 0 Å². The van der Waals surface area contributed by atoms with Crippen LogP contribution in [-0.4, -0.2) is 25.7 Å². The molecule has 3 heteroatoms. The minimum Gasteiger partial charge on any atom is -0.370 e. The van der Waals surface area contributed by atoms with E-state index in [4.69, 9.17) is 11.6 Å². The fourth-order valence-corrected chi connectivity index (χ4v) is 3.09. The molecule has 18 heavy (non-hydrogen) atoms. The SMILES string of the molecule is Cc1c(Cl)cccc1N1CCCNC(C2CC2)C1. The molecule has 1 aromatic rings. The topological polar surface area (TPSA) is 15.3 Å². The Morgan fingerprint density at radius 3 is 2.94 bits per heavy atom. The minimum absolute atomic E-state index is 0.672. The van der Waals surface area contributed by atoms with Gasteiger partial charge >= 0.3 is 0 Å². The maximum atomic E-state index is 6.24. The summed E-state index contributed by atoms with van der Waals surface area (Å²) in [6.07, 6.45) is 4.02. The van der Waals surface area contributed by atoms with Crippen LogP contribution in [0.4, 0.5) is 5.69 Å². The smallest absolute Gasteiger partial charge is 0.0455 e. The Morgan fingerprint density at radius 2 is 2.17 bits per heavy atom. The Kier molecular flexibility index (Phi) is 3.49. The summed E-state index contributed by atoms with van der Waals surface area (Å²) in [5.41, 5.74) is 2.53. The van der Waals surface area contributed by atoms with E-state index in [0.717, 1.165) is 30.6 Å². The predicted octanol–water partition coefficient (Wildman–Crippen LogP) is 3.23. The second-order valence-electron chi connectivity index (χ2n) is 5.58. The molecule has 0 aromatic heterocycles. The minimum atomic E-state index is 0.672. The molecular formula is C15H21ClN2. The van der Waals surface area contributed by atoms with Gasteiger partial charge in [-0.2, -0.15) is 0 Å². The molecule has 3 rings (SSSR count). The second kappa shape index (κ2) is 5.10. The van der Waals surface area contributed by atoms with Gasteiger partial charge in [0.1, 0.15) is 0 Å². The van der Waals surface area contributed by atoms with E-state index in [2.05, 4.69) is 29.3 Å². The standard InChI is InChI=1S/C15H21ClN2/c1-11-13(16)4-2-5-15(11)18-9-3-8-17-14(10-18)12-6-7-12/h2,4-5,12,14,17H,3,6-10H2,1H3. The molecule has 1 heterocycles. The number of benzene rings is 1. The summed E-state index contributed by atoms with van der Waals surface area (Å²) in [6, 6.07) is 6.92. The summed E-state index contributed by atoms with van der Waals surface area (Å²) in [5, 5.41) is 4.58. The van der Waals surface area contributed by atoms with Crippen LogP contribution in [0.15, 0.2) is 18.2 Å². The molecule has 1 aliphatic heterocycles. The van der Waals surface area contributed by atoms with Gasteiger partial charge in [-0.1, -0.05) is 17.7 Å². The molecule has 1 unspecified atom stereocenters. The Balaban J connectivity index is 1.82. The highest BCUT2D eigenvalue weighted by atomic mass is 35.5. The molecular weight excluding hydrogens is 244 g/mol. The van der Waals surface area contributed by atoms with Crippen molar-refractivity contribution in [2.45, 2.75) is 32.2 Å². The maximum Gasteiger partial charge on any atom is 0.0455 e. The van der Waals surface area contributed by atoms with E-state index in [1.54, 1.807) is 0 Å². The summed E-state index contributed by atoms with van der Waals surface area (Å²) in [6.45, 7) is 5.54. The zero-order chi connectivity index (χ0) is 12.5. The summed E-state index contributed by atoms with van der Waals surface area (Å²) >= 11 is 6.24. The van der Waals surface area contributed by atoms with Gasteiger partial charge in [0, 0.05) is 29.8 Å². The van der Waals surface area contributed by atoms with Crippen molar-refractivity contribution in [1.82, 2.24) is 5.32 Å². The number of hydrogen-bond donors (Lipinski definition) is 1. The van der Waals surface area contributed by atoms with Crippen LogP contribution in [0.1, 0.15) is 24.8 Å². The summed E-state index contributed by atoms with van der Waals surface area (Å²) in [5.74, 6) is 0.907. The predicted molar refractivity (Wildman–Crippen MR) is 77.5 cm³/mol. The Hall–Kier alpha value is -0.730. The Morgan fingerprint density at radius 1 is 1.33 bits per heavy atom. The average molecular weight is 265 g/mol. The number of rotatable bonds is 2. The van der Waals surface area contributed by atoms with E-state index >= 15 is 0 Å². The molecule has 98 valence electrons. The van der Waals surface area contributed by atoms with Gasteiger partial charge in [0.2, 0.25) is 0 Å². The highest BCUT2D eigenvalue weighted by Crippen LogP contribution is 2.35. The van der Waals surface area contributed by atoms with Crippen LogP contribution in [0, 0.1) is 12.8 Å². The van der Waals surface area contributed by atoms with E-state index in [0.29, 0.717) is 6.04 Å². The average Bonchev–Trinajstić information content (AvgIpc) is 3.16. The fourth-order valence-electron chi connectivity index (χ4n) is 2.92. The molecule has 2 aliphatic rings. The van der Waals surface area contributed by atoms with Gasteiger partial charge in [0.05, 0.1) is 0 Å². The summed E-state index contributed by atoms with van der Waals surface area (Å²) < 4.78 is 0. The molecule has 1 N–H and O–H groups in total. The lowest BCUT2D eigenvalue weighted by Crippen LogP contribution is -2.39. The fraction of sp³-hybridized carbons (Fsp3) is 0.600. The molecule has 0 amide bonds. The molecule has 2 nitrogen and oxygen atoms in total. The quantitative estimate of drug-likeness (QED) is 0.882. The van der Waals surface area contributed by atoms with Gasteiger partial charge in [-0.05, 0) is 56.3 Å². The first-order valence-corrected chi connectivity index (χ1v) is 7.37. The van der Waals surface area contributed by atoms with E-state index in [1.807, 2.05) is 6.07 Å². The van der Waals surface area contributed by atoms with Crippen molar-refractivity contribution in [3.63, 3.8) is 0 Å². The Bertz CT molecular complexity index is 429. The van der Waals surface area contributed by atoms with E-state index in [1.165, 1.54) is 30.5 Å². The van der Waals surface area contributed by atoms with Gasteiger partial charge in [0.15, 0.2) is 0 Å². The Labute approximate surface area is 114 Å². The monoisotopic (exact) mass is 264 g/mol. The number of halogens is 1. The van der Waals surface area contributed by atoms with Crippen molar-refractivity contribution in [2.75, 3.05) is 24.5 Å². The first-order valence-electron chi connectivity index (χ1n) is 6.99. The molecule has 1 aromatic carbocycles. The first kappa shape index (κ1) is 12.3. The number of anilines is 1. The molecule has 0 spiro atoms. The van der Waals surface area contributed by atoms with Crippen molar-refractivity contribution in [3.8, 4) is 0 Å². The molecule has 1 saturated heterocycles. The van der Waals surface area contributed by atoms with Gasteiger partial charge < -0.3 is 10.2 Å². The van der Waals surface area contributed by atoms with Crippen LogP contribution in [-0.2, 0) is 0 Å². The molecule has 1 atom stereocenters. The highest BCUT2D eigenvalue weighted by molar-refractivity contribution is 6.31. The van der Waals surface area contributed by atoms with Crippen LogP contribution >= 0.6 is 11.6 Å². The highest BCUT2D eigenvalue weighted by Gasteiger charge is 2.33. The largest absolute Gasteiger partial charge is 0.370 e. The third-order valence-corrected chi connectivity index (χ3v) is 4.61.